The van der Waals surface area contributed by atoms with Gasteiger partial charge in [-0.1, -0.05) is 24.3 Å². The zero-order valence-corrected chi connectivity index (χ0v) is 16.5. The normalized spacial score (nSPS) is 29.6. The van der Waals surface area contributed by atoms with Crippen molar-refractivity contribution < 1.29 is 96.3 Å². The molecule has 0 saturated carbocycles. The van der Waals surface area contributed by atoms with E-state index in [2.05, 4.69) is 0 Å². The summed E-state index contributed by atoms with van der Waals surface area (Å²) in [4.78, 5) is 11.3. The van der Waals surface area contributed by atoms with E-state index in [1.54, 1.807) is 0 Å². The molecule has 132 valence electrons. The predicted molar refractivity (Wildman–Crippen MR) is 76.4 cm³/mol. The molecule has 0 spiro atoms. The Balaban J connectivity index is 0.00000312. The number of aliphatic carboxylic acids is 1. The first-order chi connectivity index (χ1) is 11.3. The molecule has 1 saturated heterocycles. The van der Waals surface area contributed by atoms with Crippen molar-refractivity contribution in [3.63, 3.8) is 0 Å². The quantitative estimate of drug-likeness (QED) is 0.191. The van der Waals surface area contributed by atoms with E-state index in [0.29, 0.717) is 5.56 Å². The molecule has 0 aliphatic carbocycles. The van der Waals surface area contributed by atoms with Crippen molar-refractivity contribution in [1.29, 1.82) is 0 Å². The van der Waals surface area contributed by atoms with Crippen molar-refractivity contribution in [2.24, 2.45) is 0 Å². The van der Waals surface area contributed by atoms with Crippen LogP contribution in [-0.4, -0.2) is 68.8 Å². The average Bonchev–Trinajstić information content (AvgIpc) is 2.56. The van der Waals surface area contributed by atoms with E-state index in [4.69, 9.17) is 14.6 Å². The molecule has 0 radical (unpaired) electrons. The van der Waals surface area contributed by atoms with E-state index in [0.717, 1.165) is 6.08 Å². The zero-order chi connectivity index (χ0) is 17.9. The summed E-state index contributed by atoms with van der Waals surface area (Å²) in [6.07, 6.45) is -6.72. The van der Waals surface area contributed by atoms with Crippen LogP contribution in [0.2, 0.25) is 0 Å². The Labute approximate surface area is 185 Å². The molecular formula is C15H17KO9. The van der Waals surface area contributed by atoms with Gasteiger partial charge in [0.25, 0.3) is 0 Å². The van der Waals surface area contributed by atoms with E-state index in [9.17, 15) is 30.3 Å². The van der Waals surface area contributed by atoms with Gasteiger partial charge in [-0.05, 0) is 11.6 Å². The Bertz CT molecular complexity index is 602. The molecule has 1 aliphatic heterocycles. The molecule has 1 heterocycles. The summed E-state index contributed by atoms with van der Waals surface area (Å²) in [5, 5.41) is 58.5. The third kappa shape index (κ3) is 5.72. The van der Waals surface area contributed by atoms with Crippen LogP contribution in [0, 0.1) is 0 Å². The molecular weight excluding hydrogens is 363 g/mol. The topological polar surface area (TPSA) is 160 Å². The maximum Gasteiger partial charge on any atom is 1.00 e. The fourth-order valence-electron chi connectivity index (χ4n) is 2.15. The Morgan fingerprint density at radius 1 is 1.16 bits per heavy atom. The monoisotopic (exact) mass is 380 g/mol. The number of benzene rings is 1. The number of aliphatic hydroxyl groups excluding tert-OH is 4. The van der Waals surface area contributed by atoms with Crippen LogP contribution in [-0.2, 0) is 14.3 Å². The van der Waals surface area contributed by atoms with E-state index >= 15 is 0 Å². The van der Waals surface area contributed by atoms with Gasteiger partial charge in [0, 0.05) is 0 Å². The summed E-state index contributed by atoms with van der Waals surface area (Å²) in [5.41, 5.74) is 0.358. The molecule has 1 fully saturated rings. The van der Waals surface area contributed by atoms with E-state index in [-0.39, 0.29) is 57.1 Å². The molecule has 1 aromatic carbocycles. The van der Waals surface area contributed by atoms with Crippen LogP contribution in [0.1, 0.15) is 5.56 Å². The largest absolute Gasteiger partial charge is 1.00 e. The third-order valence-electron chi connectivity index (χ3n) is 3.48. The fourth-order valence-corrected chi connectivity index (χ4v) is 2.15. The molecule has 25 heavy (non-hydrogen) atoms. The smallest absolute Gasteiger partial charge is 0.872 e. The average molecular weight is 380 g/mol. The minimum atomic E-state index is -1.73. The summed E-state index contributed by atoms with van der Waals surface area (Å²) in [5.74, 6) is -2.34. The Morgan fingerprint density at radius 3 is 2.28 bits per heavy atom. The first-order valence-electron chi connectivity index (χ1n) is 7.02. The van der Waals surface area contributed by atoms with Crippen molar-refractivity contribution in [2.45, 2.75) is 30.7 Å². The van der Waals surface area contributed by atoms with Gasteiger partial charge in [0.05, 0.1) is 6.61 Å². The van der Waals surface area contributed by atoms with Gasteiger partial charge in [-0.25, -0.2) is 4.79 Å². The molecule has 1 aliphatic rings. The first-order valence-corrected chi connectivity index (χ1v) is 7.02. The van der Waals surface area contributed by atoms with Crippen LogP contribution in [0.3, 0.4) is 0 Å². The molecule has 0 bridgehead atoms. The van der Waals surface area contributed by atoms with Gasteiger partial charge in [-0.15, -0.1) is 5.75 Å². The van der Waals surface area contributed by atoms with Crippen molar-refractivity contribution in [1.82, 2.24) is 0 Å². The molecule has 0 amide bonds. The SMILES string of the molecule is O=C(O)/C(=C\c1ccc([O-])cc1)O[C@H]1O[C@H](CO)[C@@H](O)[C@H](O)[C@@H]1O.[K+]. The van der Waals surface area contributed by atoms with Crippen LogP contribution < -0.4 is 56.5 Å². The van der Waals surface area contributed by atoms with Gasteiger partial charge in [-0.3, -0.25) is 0 Å². The van der Waals surface area contributed by atoms with Crippen LogP contribution in [0.25, 0.3) is 6.08 Å². The van der Waals surface area contributed by atoms with Crippen LogP contribution in [0.4, 0.5) is 0 Å². The van der Waals surface area contributed by atoms with Crippen LogP contribution in [0.15, 0.2) is 30.0 Å². The van der Waals surface area contributed by atoms with E-state index in [1.807, 2.05) is 0 Å². The van der Waals surface area contributed by atoms with Crippen molar-refractivity contribution >= 4 is 12.0 Å². The van der Waals surface area contributed by atoms with E-state index in [1.165, 1.54) is 24.3 Å². The van der Waals surface area contributed by atoms with Gasteiger partial charge in [0.2, 0.25) is 12.0 Å². The zero-order valence-electron chi connectivity index (χ0n) is 13.3. The summed E-state index contributed by atoms with van der Waals surface area (Å²) in [6, 6.07) is 5.22. The van der Waals surface area contributed by atoms with Crippen molar-refractivity contribution in [2.75, 3.05) is 6.61 Å². The van der Waals surface area contributed by atoms with Gasteiger partial charge in [0.1, 0.15) is 24.4 Å². The summed E-state index contributed by atoms with van der Waals surface area (Å²) < 4.78 is 10.2. The number of rotatable bonds is 5. The second-order valence-electron chi connectivity index (χ2n) is 5.20. The molecule has 0 unspecified atom stereocenters. The number of hydrogen-bond acceptors (Lipinski definition) is 8. The van der Waals surface area contributed by atoms with Crippen molar-refractivity contribution in [3.8, 4) is 5.75 Å². The fraction of sp³-hybridized carbons (Fsp3) is 0.400. The maximum atomic E-state index is 11.3. The molecule has 0 aromatic heterocycles. The standard InChI is InChI=1S/C15H18O9.K/c16-6-10-11(18)12(19)13(20)15(24-10)23-9(14(21)22)5-7-1-3-8(17)4-2-7;/h1-5,10-13,15-20H,6H2,(H,21,22);/q;+1/p-1/b9-5+;/t10-,11-,12+,13+,15+;/m1./s1. The molecule has 10 heteroatoms. The molecule has 5 atom stereocenters. The van der Waals surface area contributed by atoms with E-state index < -0.39 is 49.0 Å². The maximum absolute atomic E-state index is 11.3. The van der Waals surface area contributed by atoms with Gasteiger partial charge >= 0.3 is 57.4 Å². The van der Waals surface area contributed by atoms with Gasteiger partial charge in [-0.2, -0.15) is 0 Å². The summed E-state index contributed by atoms with van der Waals surface area (Å²) in [7, 11) is 0. The van der Waals surface area contributed by atoms with Crippen LogP contribution >= 0.6 is 0 Å². The van der Waals surface area contributed by atoms with Crippen LogP contribution in [0.5, 0.6) is 5.75 Å². The number of hydrogen-bond donors (Lipinski definition) is 5. The number of ether oxygens (including phenoxy) is 2. The minimum absolute atomic E-state index is 0. The van der Waals surface area contributed by atoms with Crippen molar-refractivity contribution in [3.05, 3.63) is 35.6 Å². The molecule has 1 aromatic rings. The van der Waals surface area contributed by atoms with Gasteiger partial charge < -0.3 is 40.1 Å². The number of carbonyl (C=O) groups is 1. The second kappa shape index (κ2) is 9.97. The number of carboxylic acids is 1. The number of carboxylic acid groups (broad SMARTS) is 1. The third-order valence-corrected chi connectivity index (χ3v) is 3.48. The molecule has 5 N–H and O–H groups in total. The predicted octanol–water partition coefficient (Wildman–Crippen LogP) is -4.99. The Kier molecular flexibility index (Phi) is 8.98. The van der Waals surface area contributed by atoms with Gasteiger partial charge in [0.15, 0.2) is 0 Å². The Morgan fingerprint density at radius 2 is 1.76 bits per heavy atom. The summed E-state index contributed by atoms with van der Waals surface area (Å²) >= 11 is 0. The second-order valence-corrected chi connectivity index (χ2v) is 5.20. The first kappa shape index (κ1) is 22.5. The number of aliphatic hydroxyl groups is 4. The Hall–Kier alpha value is -0.534. The molecule has 9 nitrogen and oxygen atoms in total. The molecule has 2 rings (SSSR count). The summed E-state index contributed by atoms with van der Waals surface area (Å²) in [6.45, 7) is -0.665. The minimum Gasteiger partial charge on any atom is -0.872 e.